The SMILES string of the molecule is CC(C(=O)N(C)CCC#N)N1CCN(S(=O)(=O)c2ccc3c(c2)CCC3)CC1. The zero-order valence-electron chi connectivity index (χ0n) is 16.6. The number of nitrogens with zero attached hydrogens (tertiary/aromatic N) is 4. The Kier molecular flexibility index (Phi) is 6.38. The molecule has 1 amide bonds. The van der Waals surface area contributed by atoms with E-state index < -0.39 is 10.0 Å². The van der Waals surface area contributed by atoms with E-state index in [-0.39, 0.29) is 11.9 Å². The number of carbonyl (C=O) groups excluding carboxylic acids is 1. The van der Waals surface area contributed by atoms with Gasteiger partial charge in [-0.2, -0.15) is 9.57 Å². The fraction of sp³-hybridized carbons (Fsp3) is 0.600. The van der Waals surface area contributed by atoms with Gasteiger partial charge in [-0.3, -0.25) is 9.69 Å². The number of sulfonamides is 1. The first-order valence-corrected chi connectivity index (χ1v) is 11.3. The van der Waals surface area contributed by atoms with E-state index in [4.69, 9.17) is 5.26 Å². The molecule has 1 heterocycles. The van der Waals surface area contributed by atoms with Crippen molar-refractivity contribution in [2.75, 3.05) is 39.8 Å². The summed E-state index contributed by atoms with van der Waals surface area (Å²) in [6, 6.07) is 7.22. The highest BCUT2D eigenvalue weighted by Gasteiger charge is 2.33. The molecule has 0 saturated carbocycles. The topological polar surface area (TPSA) is 84.7 Å². The molecule has 1 fully saturated rings. The quantitative estimate of drug-likeness (QED) is 0.712. The number of piperazine rings is 1. The van der Waals surface area contributed by atoms with Gasteiger partial charge in [0.1, 0.15) is 0 Å². The van der Waals surface area contributed by atoms with Crippen molar-refractivity contribution in [1.82, 2.24) is 14.1 Å². The predicted molar refractivity (Wildman–Crippen MR) is 106 cm³/mol. The van der Waals surface area contributed by atoms with Gasteiger partial charge >= 0.3 is 0 Å². The molecule has 1 aliphatic heterocycles. The molecule has 1 aliphatic carbocycles. The van der Waals surface area contributed by atoms with Crippen molar-refractivity contribution in [3.8, 4) is 6.07 Å². The predicted octanol–water partition coefficient (Wildman–Crippen LogP) is 1.24. The molecular weight excluding hydrogens is 376 g/mol. The smallest absolute Gasteiger partial charge is 0.243 e. The highest BCUT2D eigenvalue weighted by molar-refractivity contribution is 7.89. The first kappa shape index (κ1) is 20.8. The first-order chi connectivity index (χ1) is 13.3. The minimum atomic E-state index is -3.51. The molecule has 1 aromatic carbocycles. The molecule has 1 saturated heterocycles. The summed E-state index contributed by atoms with van der Waals surface area (Å²) in [6.45, 7) is 4.03. The lowest BCUT2D eigenvalue weighted by Gasteiger charge is -2.37. The van der Waals surface area contributed by atoms with Crippen molar-refractivity contribution in [1.29, 1.82) is 5.26 Å². The molecule has 0 radical (unpaired) electrons. The van der Waals surface area contributed by atoms with Crippen LogP contribution in [0.5, 0.6) is 0 Å². The van der Waals surface area contributed by atoms with Crippen LogP contribution >= 0.6 is 0 Å². The van der Waals surface area contributed by atoms with E-state index in [1.807, 2.05) is 30.0 Å². The molecule has 7 nitrogen and oxygen atoms in total. The molecule has 0 spiro atoms. The number of rotatable bonds is 6. The normalized spacial score (nSPS) is 19.0. The number of fused-ring (bicyclic) bond motifs is 1. The summed E-state index contributed by atoms with van der Waals surface area (Å²) >= 11 is 0. The summed E-state index contributed by atoms with van der Waals surface area (Å²) in [7, 11) is -1.81. The molecule has 3 rings (SSSR count). The van der Waals surface area contributed by atoms with E-state index in [0.717, 1.165) is 24.8 Å². The van der Waals surface area contributed by atoms with Crippen LogP contribution < -0.4 is 0 Å². The fourth-order valence-electron chi connectivity index (χ4n) is 3.99. The highest BCUT2D eigenvalue weighted by atomic mass is 32.2. The molecule has 152 valence electrons. The molecule has 8 heteroatoms. The van der Waals surface area contributed by atoms with Crippen LogP contribution in [0.15, 0.2) is 23.1 Å². The number of hydrogen-bond acceptors (Lipinski definition) is 5. The van der Waals surface area contributed by atoms with E-state index in [0.29, 0.717) is 44.0 Å². The van der Waals surface area contributed by atoms with Crippen LogP contribution in [0.3, 0.4) is 0 Å². The maximum atomic E-state index is 13.0. The second kappa shape index (κ2) is 8.60. The molecule has 0 aromatic heterocycles. The summed E-state index contributed by atoms with van der Waals surface area (Å²) in [5.74, 6) is -0.0369. The maximum Gasteiger partial charge on any atom is 0.243 e. The van der Waals surface area contributed by atoms with Gasteiger partial charge in [0.15, 0.2) is 0 Å². The van der Waals surface area contributed by atoms with Gasteiger partial charge in [0.25, 0.3) is 0 Å². The van der Waals surface area contributed by atoms with E-state index in [2.05, 4.69) is 0 Å². The van der Waals surface area contributed by atoms with Gasteiger partial charge in [0.05, 0.1) is 23.4 Å². The van der Waals surface area contributed by atoms with Gasteiger partial charge < -0.3 is 4.90 Å². The van der Waals surface area contributed by atoms with E-state index in [9.17, 15) is 13.2 Å². The average molecular weight is 405 g/mol. The summed E-state index contributed by atoms with van der Waals surface area (Å²) in [6.07, 6.45) is 3.38. The number of likely N-dealkylation sites (N-methyl/N-ethyl adjacent to an activating group) is 1. The zero-order chi connectivity index (χ0) is 20.3. The molecule has 2 aliphatic rings. The van der Waals surface area contributed by atoms with Gasteiger partial charge in [0, 0.05) is 39.8 Å². The average Bonchev–Trinajstić information content (AvgIpc) is 3.18. The highest BCUT2D eigenvalue weighted by Crippen LogP contribution is 2.27. The number of aryl methyl sites for hydroxylation is 2. The lowest BCUT2D eigenvalue weighted by molar-refractivity contribution is -0.135. The minimum absolute atomic E-state index is 0.0369. The van der Waals surface area contributed by atoms with Crippen LogP contribution in [0.2, 0.25) is 0 Å². The minimum Gasteiger partial charge on any atom is -0.343 e. The molecule has 28 heavy (non-hydrogen) atoms. The Bertz CT molecular complexity index is 870. The number of nitriles is 1. The monoisotopic (exact) mass is 404 g/mol. The van der Waals surface area contributed by atoms with Crippen LogP contribution in [0, 0.1) is 11.3 Å². The standard InChI is InChI=1S/C20H28N4O3S/c1-16(20(25)22(2)10-4-9-21)23-11-13-24(14-12-23)28(26,27)19-8-7-17-5-3-6-18(17)15-19/h7-8,15-16H,3-6,10-14H2,1-2H3. The first-order valence-electron chi connectivity index (χ1n) is 9.82. The van der Waals surface area contributed by atoms with Crippen LogP contribution in [-0.2, 0) is 27.7 Å². The van der Waals surface area contributed by atoms with Gasteiger partial charge in [-0.05, 0) is 49.4 Å². The Morgan fingerprint density at radius 3 is 2.57 bits per heavy atom. The molecule has 1 unspecified atom stereocenters. The van der Waals surface area contributed by atoms with Crippen LogP contribution in [0.25, 0.3) is 0 Å². The lowest BCUT2D eigenvalue weighted by Crippen LogP contribution is -2.55. The van der Waals surface area contributed by atoms with E-state index >= 15 is 0 Å². The summed E-state index contributed by atoms with van der Waals surface area (Å²) in [5, 5.41) is 8.67. The second-order valence-corrected chi connectivity index (χ2v) is 9.51. The van der Waals surface area contributed by atoms with Crippen LogP contribution in [0.1, 0.15) is 30.9 Å². The number of carbonyl (C=O) groups is 1. The second-order valence-electron chi connectivity index (χ2n) is 7.57. The van der Waals surface area contributed by atoms with Gasteiger partial charge in [0.2, 0.25) is 15.9 Å². The summed E-state index contributed by atoms with van der Waals surface area (Å²) < 4.78 is 27.6. The van der Waals surface area contributed by atoms with Crippen molar-refractivity contribution < 1.29 is 13.2 Å². The zero-order valence-corrected chi connectivity index (χ0v) is 17.4. The Labute approximate surface area is 167 Å². The lowest BCUT2D eigenvalue weighted by atomic mass is 10.1. The number of hydrogen-bond donors (Lipinski definition) is 0. The summed E-state index contributed by atoms with van der Waals surface area (Å²) in [4.78, 5) is 16.5. The number of amides is 1. The van der Waals surface area contributed by atoms with Crippen molar-refractivity contribution in [2.45, 2.75) is 43.5 Å². The van der Waals surface area contributed by atoms with Crippen molar-refractivity contribution in [2.24, 2.45) is 0 Å². The third kappa shape index (κ3) is 4.22. The Morgan fingerprint density at radius 2 is 1.89 bits per heavy atom. The maximum absolute atomic E-state index is 13.0. The Morgan fingerprint density at radius 1 is 1.21 bits per heavy atom. The van der Waals surface area contributed by atoms with Crippen molar-refractivity contribution in [3.05, 3.63) is 29.3 Å². The largest absolute Gasteiger partial charge is 0.343 e. The Hall–Kier alpha value is -1.95. The van der Waals surface area contributed by atoms with Crippen molar-refractivity contribution in [3.63, 3.8) is 0 Å². The van der Waals surface area contributed by atoms with Gasteiger partial charge in [-0.15, -0.1) is 0 Å². The molecule has 1 atom stereocenters. The van der Waals surface area contributed by atoms with Crippen LogP contribution in [0.4, 0.5) is 0 Å². The van der Waals surface area contributed by atoms with Gasteiger partial charge in [-0.1, -0.05) is 6.07 Å². The third-order valence-corrected chi connectivity index (χ3v) is 7.72. The van der Waals surface area contributed by atoms with Gasteiger partial charge in [-0.25, -0.2) is 8.42 Å². The Balaban J connectivity index is 1.61. The molecule has 0 bridgehead atoms. The molecule has 1 aromatic rings. The van der Waals surface area contributed by atoms with Crippen molar-refractivity contribution >= 4 is 15.9 Å². The van der Waals surface area contributed by atoms with E-state index in [1.54, 1.807) is 18.0 Å². The molecule has 0 N–H and O–H groups in total. The summed E-state index contributed by atoms with van der Waals surface area (Å²) in [5.41, 5.74) is 2.41. The van der Waals surface area contributed by atoms with E-state index in [1.165, 1.54) is 9.87 Å². The fourth-order valence-corrected chi connectivity index (χ4v) is 5.47. The number of benzene rings is 1. The van der Waals surface area contributed by atoms with Crippen LogP contribution in [-0.4, -0.2) is 74.2 Å². The third-order valence-electron chi connectivity index (χ3n) is 5.82. The molecular formula is C20H28N4O3S.